The Bertz CT molecular complexity index is 3660. The summed E-state index contributed by atoms with van der Waals surface area (Å²) in [5, 5.41) is 27.5. The number of imidazole rings is 1. The van der Waals surface area contributed by atoms with Crippen LogP contribution < -0.4 is 17.0 Å². The SMILES string of the molecule is C1CCOC1.CC(C)(C)OC(=O)N1CCC(=O)C(C(=O)C2(C)CCC2)C1.CC(C)(C)OC(=O)N1CCC(=O)CC1.CC(C)(C)OC(=O)N1CCc2[nH]nc(C3(C)CCC3)c2C1.CC1(C(=O)O)CCC1.CC1(C(=O)n2ccnc2)CCC1.CC1(c2n[nH]c3c2CN(C(=O)Nc2cccc(Cl)c2)CC3)CCC1.NN. The number of urea groups is 1. The molecule has 5 aliphatic heterocycles. The van der Waals surface area contributed by atoms with E-state index in [9.17, 15) is 43.2 Å². The van der Waals surface area contributed by atoms with Gasteiger partial charge in [-0.15, -0.1) is 0 Å². The number of nitrogens with two attached hydrogens (primary N) is 2. The van der Waals surface area contributed by atoms with Gasteiger partial charge in [-0.1, -0.05) is 77.5 Å². The number of ether oxygens (including phenoxy) is 4. The number of piperidine rings is 2. The second kappa shape index (κ2) is 37.1. The Labute approximate surface area is 637 Å². The number of hydrogen-bond donors (Lipinski definition) is 6. The van der Waals surface area contributed by atoms with Gasteiger partial charge in [0, 0.05) is 152 Å². The lowest BCUT2D eigenvalue weighted by Crippen LogP contribution is -2.52. The molecule has 4 aromatic rings. The van der Waals surface area contributed by atoms with Gasteiger partial charge in [-0.05, 0) is 164 Å². The minimum atomic E-state index is -0.670. The van der Waals surface area contributed by atoms with Crippen molar-refractivity contribution < 1.29 is 67.2 Å². The fourth-order valence-corrected chi connectivity index (χ4v) is 14.3. The number of aromatic amines is 2. The summed E-state index contributed by atoms with van der Waals surface area (Å²) in [5.41, 5.74) is 5.90. The topological polar surface area (TPSA) is 363 Å². The molecular formula is C79H122ClN13O14. The molecule has 8 heterocycles. The van der Waals surface area contributed by atoms with Crippen LogP contribution in [0.4, 0.5) is 24.9 Å². The van der Waals surface area contributed by atoms with Crippen molar-refractivity contribution in [3.05, 3.63) is 81.9 Å². The molecule has 27 nitrogen and oxygen atoms in total. The number of rotatable bonds is 7. The molecule has 3 saturated heterocycles. The summed E-state index contributed by atoms with van der Waals surface area (Å²) in [6.45, 7) is 33.0. The zero-order valence-corrected chi connectivity index (χ0v) is 66.9. The number of carboxylic acid groups (broad SMARTS) is 1. The normalized spacial score (nSPS) is 20.8. The van der Waals surface area contributed by atoms with E-state index in [1.807, 2.05) is 72.4 Å². The third-order valence-electron chi connectivity index (χ3n) is 21.9. The number of amides is 5. The molecule has 8 N–H and O–H groups in total. The molecule has 1 aromatic carbocycles. The standard InChI is InChI=1S/C18H21ClN4O.C16H25N3O2.C16H25NO4.C10H17NO3.C9H12N2O.C6H10O2.C4H8O.H4N2/c1-18(7-3-8-18)16-14-11-23(9-6-15(14)21-22-16)17(24)20-13-5-2-4-12(19)10-13;1-15(2,3)21-14(20)19-9-6-12-11(10-19)13(18-17-12)16(4)7-5-8-16;1-15(2,3)21-14(20)17-9-6-12(18)11(10-17)13(19)16(4)7-5-8-16;1-10(2,3)14-9(13)11-6-4-8(12)5-7-11;1-9(3-2-4-9)8(12)11-6-5-10-7-11;1-6(5(7)8)3-2-4-6;1-2-4-5-3-1;1-2/h2,4-5,10H,3,6-9,11H2,1H3,(H,20,24)(H,21,22);5-10H2,1-4H3,(H,17,18);11H,5-10H2,1-4H3;4-7H2,1-3H3;5-7H,2-4H2,1H3;2-4H2,1H3,(H,7,8);1-4H2;1-2H2. The number of ketones is 3. The Kier molecular flexibility index (Phi) is 30.0. The number of carboxylic acids is 1. The van der Waals surface area contributed by atoms with E-state index in [0.717, 1.165) is 94.5 Å². The molecule has 5 saturated carbocycles. The Morgan fingerprint density at radius 3 is 1.41 bits per heavy atom. The number of Topliss-reactive ketones (excluding diaryl/α,β-unsaturated/α-hetero) is 3. The first-order valence-corrected chi connectivity index (χ1v) is 38.7. The number of carbonyl (C=O) groups is 9. The summed E-state index contributed by atoms with van der Waals surface area (Å²) >= 11 is 5.98. The average molecular weight is 1510 g/mol. The first kappa shape index (κ1) is 86.5. The summed E-state index contributed by atoms with van der Waals surface area (Å²) in [7, 11) is 0. The molecule has 1 atom stereocenters. The molecule has 0 radical (unpaired) electrons. The molecule has 0 bridgehead atoms. The predicted molar refractivity (Wildman–Crippen MR) is 407 cm³/mol. The largest absolute Gasteiger partial charge is 0.481 e. The van der Waals surface area contributed by atoms with Gasteiger partial charge in [0.25, 0.3) is 0 Å². The monoisotopic (exact) mass is 1510 g/mol. The van der Waals surface area contributed by atoms with E-state index in [-0.39, 0.29) is 81.5 Å². The number of aromatic nitrogens is 6. The summed E-state index contributed by atoms with van der Waals surface area (Å²) in [6, 6.07) is 7.14. The van der Waals surface area contributed by atoms with E-state index >= 15 is 0 Å². The van der Waals surface area contributed by atoms with Crippen molar-refractivity contribution in [1.82, 2.24) is 49.5 Å². The van der Waals surface area contributed by atoms with Gasteiger partial charge in [-0.2, -0.15) is 10.2 Å². The zero-order chi connectivity index (χ0) is 78.9. The van der Waals surface area contributed by atoms with Crippen LogP contribution in [0.2, 0.25) is 5.02 Å². The zero-order valence-electron chi connectivity index (χ0n) is 66.1. The van der Waals surface area contributed by atoms with Crippen LogP contribution in [0.1, 0.15) is 264 Å². The number of hydrogen-bond acceptors (Lipinski definition) is 18. The number of carbonyl (C=O) groups excluding carboxylic acids is 8. The summed E-state index contributed by atoms with van der Waals surface area (Å²) in [5.74, 6) is 7.08. The van der Waals surface area contributed by atoms with Gasteiger partial charge >= 0.3 is 30.3 Å². The van der Waals surface area contributed by atoms with Gasteiger partial charge in [0.2, 0.25) is 5.91 Å². The maximum Gasteiger partial charge on any atom is 0.410 e. The first-order chi connectivity index (χ1) is 50.2. The van der Waals surface area contributed by atoms with Crippen molar-refractivity contribution in [2.45, 2.75) is 279 Å². The van der Waals surface area contributed by atoms with Crippen LogP contribution in [0.3, 0.4) is 0 Å². The Morgan fingerprint density at radius 2 is 1.02 bits per heavy atom. The van der Waals surface area contributed by atoms with Gasteiger partial charge in [0.1, 0.15) is 34.7 Å². The average Bonchev–Trinajstić information content (AvgIpc) is 1.67. The molecule has 3 aromatic heterocycles. The van der Waals surface area contributed by atoms with Crippen molar-refractivity contribution in [2.75, 3.05) is 57.8 Å². The van der Waals surface area contributed by atoms with E-state index in [1.54, 1.807) is 72.9 Å². The van der Waals surface area contributed by atoms with Gasteiger partial charge < -0.3 is 49.0 Å². The maximum absolute atomic E-state index is 12.6. The number of hydrazine groups is 1. The number of fused-ring (bicyclic) bond motifs is 2. The molecule has 0 spiro atoms. The molecule has 10 aliphatic rings. The predicted octanol–water partition coefficient (Wildman–Crippen LogP) is 14.0. The highest BCUT2D eigenvalue weighted by atomic mass is 35.5. The summed E-state index contributed by atoms with van der Waals surface area (Å²) in [6.07, 6.45) is 25.4. The van der Waals surface area contributed by atoms with E-state index < -0.39 is 34.8 Å². The molecule has 14 rings (SSSR count). The highest BCUT2D eigenvalue weighted by Gasteiger charge is 2.48. The van der Waals surface area contributed by atoms with E-state index in [2.05, 4.69) is 56.2 Å². The number of benzene rings is 1. The first-order valence-electron chi connectivity index (χ1n) is 38.4. The maximum atomic E-state index is 12.6. The minimum absolute atomic E-state index is 0.00649. The molecule has 8 fully saturated rings. The van der Waals surface area contributed by atoms with Crippen LogP contribution in [0.15, 0.2) is 43.0 Å². The Hall–Kier alpha value is -7.75. The van der Waals surface area contributed by atoms with Crippen LogP contribution in [-0.4, -0.2) is 177 Å². The Morgan fingerprint density at radius 1 is 0.579 bits per heavy atom. The third-order valence-corrected chi connectivity index (χ3v) is 22.1. The van der Waals surface area contributed by atoms with Gasteiger partial charge in [0.15, 0.2) is 5.78 Å². The molecule has 1 unspecified atom stereocenters. The number of anilines is 1. The van der Waals surface area contributed by atoms with Crippen LogP contribution in [-0.2, 0) is 74.9 Å². The summed E-state index contributed by atoms with van der Waals surface area (Å²) in [4.78, 5) is 117. The van der Waals surface area contributed by atoms with Crippen LogP contribution in [0.25, 0.3) is 0 Å². The summed E-state index contributed by atoms with van der Waals surface area (Å²) < 4.78 is 22.5. The third kappa shape index (κ3) is 24.1. The second-order valence-corrected chi connectivity index (χ2v) is 34.8. The van der Waals surface area contributed by atoms with Gasteiger partial charge in [-0.25, -0.2) is 24.2 Å². The quantitative estimate of drug-likeness (QED) is 0.0433. The number of halogens is 1. The molecule has 28 heteroatoms. The molecule has 5 amide bonds. The van der Waals surface area contributed by atoms with Crippen molar-refractivity contribution >= 4 is 70.8 Å². The lowest BCUT2D eigenvalue weighted by atomic mass is 9.64. The highest BCUT2D eigenvalue weighted by Crippen LogP contribution is 2.48. The minimum Gasteiger partial charge on any atom is -0.481 e. The van der Waals surface area contributed by atoms with E-state index in [1.165, 1.54) is 85.2 Å². The van der Waals surface area contributed by atoms with Crippen LogP contribution >= 0.6 is 11.6 Å². The Balaban J connectivity index is 0.000000180. The fraction of sp³-hybridized carbons (Fsp3) is 0.696. The number of H-pyrrole nitrogens is 2. The molecule has 107 heavy (non-hydrogen) atoms. The number of nitrogens with zero attached hydrogens (tertiary/aromatic N) is 8. The lowest BCUT2D eigenvalue weighted by molar-refractivity contribution is -0.152. The number of likely N-dealkylation sites (tertiary alicyclic amines) is 2. The molecular weight excluding hydrogens is 1390 g/mol. The smallest absolute Gasteiger partial charge is 0.410 e. The molecule has 5 aliphatic carbocycles. The van der Waals surface area contributed by atoms with E-state index in [4.69, 9.17) is 35.7 Å². The van der Waals surface area contributed by atoms with Crippen LogP contribution in [0.5, 0.6) is 0 Å². The van der Waals surface area contributed by atoms with Gasteiger partial charge in [-0.3, -0.25) is 50.4 Å². The van der Waals surface area contributed by atoms with Gasteiger partial charge in [0.05, 0.1) is 35.8 Å². The van der Waals surface area contributed by atoms with Crippen molar-refractivity contribution in [2.24, 2.45) is 33.8 Å². The van der Waals surface area contributed by atoms with E-state index in [0.29, 0.717) is 63.7 Å². The fourth-order valence-electron chi connectivity index (χ4n) is 14.1. The van der Waals surface area contributed by atoms with Crippen molar-refractivity contribution in [3.63, 3.8) is 0 Å². The molecule has 594 valence electrons. The van der Waals surface area contributed by atoms with Crippen molar-refractivity contribution in [3.8, 4) is 0 Å². The van der Waals surface area contributed by atoms with Crippen molar-refractivity contribution in [1.29, 1.82) is 0 Å². The lowest BCUT2D eigenvalue weighted by Gasteiger charge is -2.41. The number of nitrogens with one attached hydrogen (secondary N) is 3. The second-order valence-electron chi connectivity index (χ2n) is 34.4. The number of aliphatic carboxylic acids is 1. The highest BCUT2D eigenvalue weighted by molar-refractivity contribution is 6.30. The van der Waals surface area contributed by atoms with Crippen LogP contribution in [0, 0.1) is 22.2 Å².